The van der Waals surface area contributed by atoms with E-state index in [4.69, 9.17) is 10.2 Å². The fourth-order valence-electron chi connectivity index (χ4n) is 2.65. The summed E-state index contributed by atoms with van der Waals surface area (Å²) in [5, 5.41) is 16.6. The second kappa shape index (κ2) is 26.5. The Hall–Kier alpha value is 0.313. The second-order valence-electron chi connectivity index (χ2n) is 7.19. The van der Waals surface area contributed by atoms with Gasteiger partial charge in [-0.1, -0.05) is 96.8 Å². The number of hydrogen-bond acceptors (Lipinski definition) is 2. The summed E-state index contributed by atoms with van der Waals surface area (Å²) < 4.78 is 0. The third-order valence-corrected chi connectivity index (χ3v) is 3.99. The summed E-state index contributed by atoms with van der Waals surface area (Å²) in [5.74, 6) is -0.653. The number of aliphatic carboxylic acids is 1. The molecule has 0 aromatic rings. The first-order chi connectivity index (χ1) is 11.5. The third-order valence-electron chi connectivity index (χ3n) is 3.99. The largest absolute Gasteiger partial charge is 0.481 e. The van der Waals surface area contributed by atoms with Crippen LogP contribution in [0.25, 0.3) is 0 Å². The first-order valence-corrected chi connectivity index (χ1v) is 10.4. The fraction of sp³-hybridized carbons (Fsp3) is 0.952. The van der Waals surface area contributed by atoms with Crippen molar-refractivity contribution in [1.82, 2.24) is 0 Å². The summed E-state index contributed by atoms with van der Waals surface area (Å²) in [7, 11) is 0. The van der Waals surface area contributed by atoms with Crippen LogP contribution in [-0.4, -0.2) is 22.3 Å². The van der Waals surface area contributed by atoms with Gasteiger partial charge < -0.3 is 10.2 Å². The minimum Gasteiger partial charge on any atom is -0.481 e. The van der Waals surface area contributed by atoms with Gasteiger partial charge in [-0.2, -0.15) is 0 Å². The van der Waals surface area contributed by atoms with Gasteiger partial charge in [0.25, 0.3) is 0 Å². The van der Waals surface area contributed by atoms with Crippen LogP contribution in [0.15, 0.2) is 0 Å². The van der Waals surface area contributed by atoms with Crippen LogP contribution in [0.3, 0.4) is 0 Å². The molecule has 150 valence electrons. The Labute approximate surface area is 176 Å². The molecule has 4 heteroatoms. The maximum Gasteiger partial charge on any atom is 0.303 e. The molecule has 0 radical (unpaired) electrons. The Morgan fingerprint density at radius 2 is 0.920 bits per heavy atom. The molecule has 0 aromatic carbocycles. The molecule has 0 heterocycles. The van der Waals surface area contributed by atoms with Crippen molar-refractivity contribution in [2.45, 2.75) is 130 Å². The van der Waals surface area contributed by atoms with E-state index in [9.17, 15) is 4.79 Å². The number of carboxylic acid groups (broad SMARTS) is 1. The molecule has 0 fully saturated rings. The number of aliphatic hydroxyl groups is 1. The van der Waals surface area contributed by atoms with Gasteiger partial charge in [0.05, 0.1) is 0 Å². The Kier molecular flexibility index (Phi) is 31.9. The van der Waals surface area contributed by atoms with Crippen LogP contribution >= 0.6 is 0 Å². The van der Waals surface area contributed by atoms with E-state index in [1.807, 2.05) is 0 Å². The molecule has 25 heavy (non-hydrogen) atoms. The first kappa shape index (κ1) is 30.1. The SMILES string of the molecule is CC(C)O.CCCCCCCCCCCCCCCCCC(=O)O.[Zr]. The van der Waals surface area contributed by atoms with Crippen LogP contribution in [-0.2, 0) is 31.0 Å². The number of carboxylic acids is 1. The van der Waals surface area contributed by atoms with Crippen LogP contribution < -0.4 is 0 Å². The number of hydrogen-bond donors (Lipinski definition) is 2. The average Bonchev–Trinajstić information content (AvgIpc) is 2.50. The predicted octanol–water partition coefficient (Wildman–Crippen LogP) is 6.72. The van der Waals surface area contributed by atoms with Crippen molar-refractivity contribution >= 4 is 5.97 Å². The minimum absolute atomic E-state index is 0. The zero-order chi connectivity index (χ0) is 18.5. The molecule has 0 aliphatic carbocycles. The maximum atomic E-state index is 10.3. The van der Waals surface area contributed by atoms with Crippen molar-refractivity contribution in [2.75, 3.05) is 0 Å². The van der Waals surface area contributed by atoms with Gasteiger partial charge in [-0.3, -0.25) is 4.79 Å². The molecule has 0 spiro atoms. The Morgan fingerprint density at radius 3 is 1.16 bits per heavy atom. The van der Waals surface area contributed by atoms with E-state index in [-0.39, 0.29) is 32.3 Å². The van der Waals surface area contributed by atoms with E-state index < -0.39 is 5.97 Å². The van der Waals surface area contributed by atoms with Crippen LogP contribution in [0, 0.1) is 0 Å². The molecule has 0 bridgehead atoms. The van der Waals surface area contributed by atoms with Crippen molar-refractivity contribution in [3.63, 3.8) is 0 Å². The summed E-state index contributed by atoms with van der Waals surface area (Å²) in [6.45, 7) is 5.71. The third kappa shape index (κ3) is 40.4. The monoisotopic (exact) mass is 434 g/mol. The minimum atomic E-state index is -0.653. The zero-order valence-electron chi connectivity index (χ0n) is 17.2. The van der Waals surface area contributed by atoms with Crippen molar-refractivity contribution in [2.24, 2.45) is 0 Å². The number of aliphatic hydroxyl groups excluding tert-OH is 1. The molecule has 0 saturated heterocycles. The Bertz CT molecular complexity index is 243. The predicted molar refractivity (Wildman–Crippen MR) is 105 cm³/mol. The van der Waals surface area contributed by atoms with E-state index in [2.05, 4.69) is 6.92 Å². The summed E-state index contributed by atoms with van der Waals surface area (Å²) in [6.07, 6.45) is 20.0. The van der Waals surface area contributed by atoms with Crippen LogP contribution in [0.4, 0.5) is 0 Å². The normalized spacial score (nSPS) is 10.1. The van der Waals surface area contributed by atoms with Gasteiger partial charge in [0.1, 0.15) is 0 Å². The van der Waals surface area contributed by atoms with Crippen molar-refractivity contribution in [1.29, 1.82) is 0 Å². The summed E-state index contributed by atoms with van der Waals surface area (Å²) >= 11 is 0. The molecule has 2 N–H and O–H groups in total. The molecule has 0 aliphatic heterocycles. The smallest absolute Gasteiger partial charge is 0.303 e. The molecule has 0 amide bonds. The molecular formula is C21H44O3Zr. The van der Waals surface area contributed by atoms with Crippen LogP contribution in [0.5, 0.6) is 0 Å². The van der Waals surface area contributed by atoms with E-state index in [0.717, 1.165) is 12.8 Å². The fourth-order valence-corrected chi connectivity index (χ4v) is 2.65. The van der Waals surface area contributed by atoms with Gasteiger partial charge in [0, 0.05) is 38.7 Å². The van der Waals surface area contributed by atoms with Gasteiger partial charge in [-0.15, -0.1) is 0 Å². The average molecular weight is 436 g/mol. The topological polar surface area (TPSA) is 57.5 Å². The Morgan fingerprint density at radius 1 is 0.680 bits per heavy atom. The quantitative estimate of drug-likeness (QED) is 0.265. The van der Waals surface area contributed by atoms with Gasteiger partial charge in [-0.05, 0) is 20.3 Å². The van der Waals surface area contributed by atoms with Gasteiger partial charge in [-0.25, -0.2) is 0 Å². The molecule has 0 aromatic heterocycles. The van der Waals surface area contributed by atoms with Crippen molar-refractivity contribution in [3.8, 4) is 0 Å². The number of unbranched alkanes of at least 4 members (excludes halogenated alkanes) is 14. The molecule has 0 atom stereocenters. The van der Waals surface area contributed by atoms with E-state index in [0.29, 0.717) is 6.42 Å². The first-order valence-electron chi connectivity index (χ1n) is 10.4. The second-order valence-corrected chi connectivity index (χ2v) is 7.19. The summed E-state index contributed by atoms with van der Waals surface area (Å²) in [5.41, 5.74) is 0. The molecule has 0 saturated carbocycles. The Balaban J connectivity index is -0.000000867. The van der Waals surface area contributed by atoms with E-state index in [1.165, 1.54) is 83.5 Å². The zero-order valence-corrected chi connectivity index (χ0v) is 19.7. The summed E-state index contributed by atoms with van der Waals surface area (Å²) in [6, 6.07) is 0. The van der Waals surface area contributed by atoms with E-state index in [1.54, 1.807) is 13.8 Å². The molecule has 0 unspecified atom stereocenters. The van der Waals surface area contributed by atoms with Gasteiger partial charge in [0.2, 0.25) is 0 Å². The van der Waals surface area contributed by atoms with Gasteiger partial charge in [0.15, 0.2) is 0 Å². The van der Waals surface area contributed by atoms with Crippen LogP contribution in [0.2, 0.25) is 0 Å². The molecular weight excluding hydrogens is 391 g/mol. The standard InChI is InChI=1S/C18H36O2.C3H8O.Zr/c1-2-3-4-5-6-7-8-9-10-11-12-13-14-15-16-17-18(19)20;1-3(2)4;/h2-17H2,1H3,(H,19,20);3-4H,1-2H3;. The van der Waals surface area contributed by atoms with Crippen molar-refractivity contribution < 1.29 is 41.2 Å². The molecule has 0 aliphatic rings. The molecule has 3 nitrogen and oxygen atoms in total. The van der Waals surface area contributed by atoms with Crippen LogP contribution in [0.1, 0.15) is 124 Å². The molecule has 0 rings (SSSR count). The number of carbonyl (C=O) groups is 1. The van der Waals surface area contributed by atoms with Gasteiger partial charge >= 0.3 is 5.97 Å². The summed E-state index contributed by atoms with van der Waals surface area (Å²) in [4.78, 5) is 10.3. The maximum absolute atomic E-state index is 10.3. The number of rotatable bonds is 16. The van der Waals surface area contributed by atoms with Crippen molar-refractivity contribution in [3.05, 3.63) is 0 Å². The van der Waals surface area contributed by atoms with E-state index >= 15 is 0 Å².